The van der Waals surface area contributed by atoms with Gasteiger partial charge in [-0.25, -0.2) is 4.39 Å². The molecule has 0 spiro atoms. The molecule has 6 nitrogen and oxygen atoms in total. The number of halogens is 1. The van der Waals surface area contributed by atoms with E-state index >= 15 is 0 Å². The van der Waals surface area contributed by atoms with Crippen LogP contribution in [-0.4, -0.2) is 23.2 Å². The Morgan fingerprint density at radius 1 is 1.42 bits per heavy atom. The van der Waals surface area contributed by atoms with E-state index in [2.05, 4.69) is 15.5 Å². The molecule has 3 rings (SSSR count). The van der Waals surface area contributed by atoms with E-state index in [1.807, 2.05) is 17.5 Å². The first-order chi connectivity index (χ1) is 12.6. The van der Waals surface area contributed by atoms with Crippen LogP contribution < -0.4 is 10.1 Å². The van der Waals surface area contributed by atoms with Crippen molar-refractivity contribution in [2.75, 3.05) is 7.11 Å². The molecule has 0 bridgehead atoms. The molecule has 0 fully saturated rings. The minimum atomic E-state index is -0.460. The molecule has 0 aliphatic rings. The number of rotatable bonds is 7. The molecule has 136 valence electrons. The molecular formula is C18H18FN3O3S. The van der Waals surface area contributed by atoms with E-state index in [0.717, 1.165) is 4.88 Å². The minimum Gasteiger partial charge on any atom is -0.494 e. The number of nitrogens with zero attached hydrogens (tertiary/aromatic N) is 2. The molecule has 0 saturated carbocycles. The Morgan fingerprint density at radius 2 is 2.27 bits per heavy atom. The van der Waals surface area contributed by atoms with Gasteiger partial charge in [0, 0.05) is 12.8 Å². The second-order valence-electron chi connectivity index (χ2n) is 5.67. The fourth-order valence-electron chi connectivity index (χ4n) is 2.43. The molecular weight excluding hydrogens is 357 g/mol. The predicted octanol–water partition coefficient (Wildman–Crippen LogP) is 3.76. The number of ether oxygens (including phenoxy) is 1. The molecule has 1 atom stereocenters. The van der Waals surface area contributed by atoms with Crippen LogP contribution in [0.3, 0.4) is 0 Å². The fourth-order valence-corrected chi connectivity index (χ4v) is 3.08. The maximum absolute atomic E-state index is 13.8. The third-order valence-electron chi connectivity index (χ3n) is 3.83. The number of methoxy groups -OCH3 is 1. The molecule has 1 N–H and O–H groups in total. The normalized spacial score (nSPS) is 12.0. The second-order valence-corrected chi connectivity index (χ2v) is 6.62. The smallest absolute Gasteiger partial charge is 0.227 e. The average Bonchev–Trinajstić information content (AvgIpc) is 3.31. The van der Waals surface area contributed by atoms with Crippen molar-refractivity contribution < 1.29 is 18.4 Å². The molecule has 8 heteroatoms. The Morgan fingerprint density at radius 3 is 2.96 bits per heavy atom. The van der Waals surface area contributed by atoms with E-state index in [1.165, 1.54) is 30.6 Å². The highest BCUT2D eigenvalue weighted by atomic mass is 32.1. The lowest BCUT2D eigenvalue weighted by Gasteiger charge is -2.15. The monoisotopic (exact) mass is 375 g/mol. The van der Waals surface area contributed by atoms with E-state index in [-0.39, 0.29) is 24.1 Å². The number of aryl methyl sites for hydroxylation is 1. The standard InChI is InChI=1S/C18H18FN3O3S/c1-11(12-5-6-14(24-2)13(19)10-12)20-16(23)7-8-17-21-18(22-25-17)15-4-3-9-26-15/h3-6,9-11H,7-8H2,1-2H3,(H,20,23). The van der Waals surface area contributed by atoms with Crippen LogP contribution in [0.5, 0.6) is 5.75 Å². The third-order valence-corrected chi connectivity index (χ3v) is 4.69. The molecule has 3 aromatic rings. The summed E-state index contributed by atoms with van der Waals surface area (Å²) >= 11 is 1.52. The highest BCUT2D eigenvalue weighted by Crippen LogP contribution is 2.23. The second kappa shape index (κ2) is 8.09. The van der Waals surface area contributed by atoms with E-state index < -0.39 is 5.82 Å². The van der Waals surface area contributed by atoms with Crippen molar-refractivity contribution in [2.24, 2.45) is 0 Å². The van der Waals surface area contributed by atoms with Gasteiger partial charge in [0.1, 0.15) is 0 Å². The van der Waals surface area contributed by atoms with E-state index in [4.69, 9.17) is 9.26 Å². The minimum absolute atomic E-state index is 0.171. The Balaban J connectivity index is 1.53. The molecule has 0 aliphatic carbocycles. The van der Waals surface area contributed by atoms with Gasteiger partial charge in [0.25, 0.3) is 0 Å². The lowest BCUT2D eigenvalue weighted by Crippen LogP contribution is -2.26. The number of nitrogens with one attached hydrogen (secondary N) is 1. The summed E-state index contributed by atoms with van der Waals surface area (Å²) in [6.07, 6.45) is 0.545. The molecule has 2 heterocycles. The van der Waals surface area contributed by atoms with E-state index in [1.54, 1.807) is 13.0 Å². The van der Waals surface area contributed by atoms with Crippen molar-refractivity contribution in [1.29, 1.82) is 0 Å². The first-order valence-corrected chi connectivity index (χ1v) is 8.94. The molecule has 0 aliphatic heterocycles. The number of carbonyl (C=O) groups is 1. The van der Waals surface area contributed by atoms with Crippen molar-refractivity contribution in [1.82, 2.24) is 15.5 Å². The van der Waals surface area contributed by atoms with Crippen molar-refractivity contribution in [3.8, 4) is 16.5 Å². The summed E-state index contributed by atoms with van der Waals surface area (Å²) in [6.45, 7) is 1.79. The van der Waals surface area contributed by atoms with Gasteiger partial charge in [-0.1, -0.05) is 17.3 Å². The third kappa shape index (κ3) is 4.26. The van der Waals surface area contributed by atoms with Crippen LogP contribution in [0.25, 0.3) is 10.7 Å². The fraction of sp³-hybridized carbons (Fsp3) is 0.278. The Kier molecular flexibility index (Phi) is 5.62. The lowest BCUT2D eigenvalue weighted by molar-refractivity contribution is -0.121. The number of aromatic nitrogens is 2. The number of hydrogen-bond donors (Lipinski definition) is 1. The number of carbonyl (C=O) groups excluding carboxylic acids is 1. The van der Waals surface area contributed by atoms with Crippen LogP contribution in [0.1, 0.15) is 30.8 Å². The Hall–Kier alpha value is -2.74. The van der Waals surface area contributed by atoms with Crippen LogP contribution in [0.15, 0.2) is 40.2 Å². The van der Waals surface area contributed by atoms with Gasteiger partial charge in [-0.3, -0.25) is 4.79 Å². The molecule has 0 radical (unpaired) electrons. The van der Waals surface area contributed by atoms with Gasteiger partial charge in [0.05, 0.1) is 18.0 Å². The van der Waals surface area contributed by atoms with Gasteiger partial charge >= 0.3 is 0 Å². The molecule has 1 unspecified atom stereocenters. The SMILES string of the molecule is COc1ccc(C(C)NC(=O)CCc2nc(-c3cccs3)no2)cc1F. The number of benzene rings is 1. The van der Waals surface area contributed by atoms with Gasteiger partial charge in [-0.05, 0) is 36.1 Å². The zero-order chi connectivity index (χ0) is 18.5. The highest BCUT2D eigenvalue weighted by Gasteiger charge is 2.14. The average molecular weight is 375 g/mol. The van der Waals surface area contributed by atoms with Gasteiger partial charge < -0.3 is 14.6 Å². The zero-order valence-corrected chi connectivity index (χ0v) is 15.2. The first-order valence-electron chi connectivity index (χ1n) is 8.06. The summed E-state index contributed by atoms with van der Waals surface area (Å²) in [5.41, 5.74) is 0.662. The van der Waals surface area contributed by atoms with Crippen molar-refractivity contribution >= 4 is 17.2 Å². The Labute approximate surface area is 154 Å². The number of amides is 1. The summed E-state index contributed by atoms with van der Waals surface area (Å²) in [5.74, 6) is 0.469. The zero-order valence-electron chi connectivity index (χ0n) is 14.4. The topological polar surface area (TPSA) is 77.2 Å². The van der Waals surface area contributed by atoms with Crippen LogP contribution in [0, 0.1) is 5.82 Å². The van der Waals surface area contributed by atoms with Gasteiger partial charge in [-0.2, -0.15) is 4.98 Å². The quantitative estimate of drug-likeness (QED) is 0.680. The van der Waals surface area contributed by atoms with Crippen molar-refractivity contribution in [2.45, 2.75) is 25.8 Å². The maximum atomic E-state index is 13.8. The maximum Gasteiger partial charge on any atom is 0.227 e. The number of thiophene rings is 1. The van der Waals surface area contributed by atoms with Crippen molar-refractivity contribution in [3.05, 3.63) is 53.0 Å². The summed E-state index contributed by atoms with van der Waals surface area (Å²) in [6, 6.07) is 8.10. The van der Waals surface area contributed by atoms with E-state index in [0.29, 0.717) is 23.7 Å². The molecule has 2 aromatic heterocycles. The van der Waals surface area contributed by atoms with Crippen LogP contribution in [-0.2, 0) is 11.2 Å². The van der Waals surface area contributed by atoms with Crippen LogP contribution in [0.4, 0.5) is 4.39 Å². The summed E-state index contributed by atoms with van der Waals surface area (Å²) in [7, 11) is 1.41. The largest absolute Gasteiger partial charge is 0.494 e. The van der Waals surface area contributed by atoms with E-state index in [9.17, 15) is 9.18 Å². The summed E-state index contributed by atoms with van der Waals surface area (Å²) < 4.78 is 23.8. The summed E-state index contributed by atoms with van der Waals surface area (Å²) in [4.78, 5) is 17.3. The lowest BCUT2D eigenvalue weighted by atomic mass is 10.1. The molecule has 1 amide bonds. The predicted molar refractivity (Wildman–Crippen MR) is 95.4 cm³/mol. The summed E-state index contributed by atoms with van der Waals surface area (Å²) in [5, 5.41) is 8.67. The van der Waals surface area contributed by atoms with Gasteiger partial charge in [0.15, 0.2) is 11.6 Å². The van der Waals surface area contributed by atoms with Gasteiger partial charge in [0.2, 0.25) is 17.6 Å². The Bertz CT molecular complexity index is 880. The highest BCUT2D eigenvalue weighted by molar-refractivity contribution is 7.13. The van der Waals surface area contributed by atoms with Crippen LogP contribution in [0.2, 0.25) is 0 Å². The van der Waals surface area contributed by atoms with Gasteiger partial charge in [-0.15, -0.1) is 11.3 Å². The van der Waals surface area contributed by atoms with Crippen LogP contribution >= 0.6 is 11.3 Å². The first kappa shape index (κ1) is 18.1. The number of hydrogen-bond acceptors (Lipinski definition) is 6. The molecule has 1 aromatic carbocycles. The molecule has 26 heavy (non-hydrogen) atoms. The molecule has 0 saturated heterocycles. The van der Waals surface area contributed by atoms with Crippen molar-refractivity contribution in [3.63, 3.8) is 0 Å².